The first-order valence-electron chi connectivity index (χ1n) is 10.9. The van der Waals surface area contributed by atoms with Crippen LogP contribution in [-0.4, -0.2) is 46.8 Å². The number of halogens is 3. The Bertz CT molecular complexity index is 1100. The largest absolute Gasteiger partial charge is 0.454 e. The van der Waals surface area contributed by atoms with Crippen molar-refractivity contribution in [2.24, 2.45) is 5.92 Å². The van der Waals surface area contributed by atoms with E-state index in [-0.39, 0.29) is 17.3 Å². The summed E-state index contributed by atoms with van der Waals surface area (Å²) in [5.41, 5.74) is 1.09. The molecule has 0 amide bonds. The normalized spacial score (nSPS) is 15.8. The summed E-state index contributed by atoms with van der Waals surface area (Å²) in [7, 11) is 0. The number of benzene rings is 2. The van der Waals surface area contributed by atoms with E-state index in [0.717, 1.165) is 44.5 Å². The van der Waals surface area contributed by atoms with E-state index in [9.17, 15) is 22.8 Å². The van der Waals surface area contributed by atoms with Crippen LogP contribution in [0.25, 0.3) is 10.9 Å². The Morgan fingerprint density at radius 1 is 0.906 bits per heavy atom. The third-order valence-electron chi connectivity index (χ3n) is 6.18. The monoisotopic (exact) mass is 442 g/mol. The molecule has 3 aromatic rings. The first-order valence-corrected chi connectivity index (χ1v) is 10.9. The Balaban J connectivity index is 1.34. The number of carbonyl (C=O) groups is 2. The number of para-hydroxylation sites is 1. The van der Waals surface area contributed by atoms with E-state index in [1.807, 2.05) is 30.3 Å². The van der Waals surface area contributed by atoms with Crippen molar-refractivity contribution < 1.29 is 22.8 Å². The van der Waals surface area contributed by atoms with Crippen molar-refractivity contribution in [2.45, 2.75) is 32.0 Å². The van der Waals surface area contributed by atoms with Crippen molar-refractivity contribution in [1.29, 1.82) is 0 Å². The van der Waals surface area contributed by atoms with Gasteiger partial charge in [-0.3, -0.25) is 9.59 Å². The fraction of sp³-hybridized carbons (Fsp3) is 0.360. The smallest absolute Gasteiger partial charge is 0.347 e. The third-order valence-corrected chi connectivity index (χ3v) is 6.18. The maximum atomic E-state index is 13.0. The van der Waals surface area contributed by atoms with Gasteiger partial charge in [-0.25, -0.2) is 0 Å². The molecular weight excluding hydrogens is 417 g/mol. The number of ketones is 2. The number of aromatic nitrogens is 1. The maximum absolute atomic E-state index is 13.0. The summed E-state index contributed by atoms with van der Waals surface area (Å²) in [6, 6.07) is 16.1. The summed E-state index contributed by atoms with van der Waals surface area (Å²) >= 11 is 0. The minimum Gasteiger partial charge on any atom is -0.347 e. The van der Waals surface area contributed by atoms with Crippen LogP contribution < -0.4 is 0 Å². The number of Topliss-reactive ketones (excluding diaryl/α,β-unsaturated/α-hetero) is 2. The van der Waals surface area contributed by atoms with Crippen molar-refractivity contribution in [1.82, 2.24) is 9.47 Å². The lowest BCUT2D eigenvalue weighted by atomic mass is 9.89. The van der Waals surface area contributed by atoms with Crippen molar-refractivity contribution in [3.8, 4) is 0 Å². The first kappa shape index (κ1) is 22.3. The molecule has 168 valence electrons. The van der Waals surface area contributed by atoms with Gasteiger partial charge in [0, 0.05) is 35.1 Å². The molecule has 1 aliphatic rings. The number of alkyl halides is 3. The summed E-state index contributed by atoms with van der Waals surface area (Å²) in [5, 5.41) is 0.329. The van der Waals surface area contributed by atoms with E-state index < -0.39 is 12.0 Å². The molecule has 1 aromatic heterocycles. The fourth-order valence-electron chi connectivity index (χ4n) is 4.49. The van der Waals surface area contributed by atoms with Crippen LogP contribution in [0.5, 0.6) is 0 Å². The molecule has 1 fully saturated rings. The second-order valence-corrected chi connectivity index (χ2v) is 8.28. The highest BCUT2D eigenvalue weighted by Crippen LogP contribution is 2.29. The van der Waals surface area contributed by atoms with Crippen LogP contribution in [0.15, 0.2) is 60.8 Å². The maximum Gasteiger partial charge on any atom is 0.454 e. The lowest BCUT2D eigenvalue weighted by Crippen LogP contribution is -2.37. The van der Waals surface area contributed by atoms with Crippen LogP contribution >= 0.6 is 0 Å². The topological polar surface area (TPSA) is 42.3 Å². The van der Waals surface area contributed by atoms with Gasteiger partial charge in [-0.05, 0) is 45.0 Å². The highest BCUT2D eigenvalue weighted by molar-refractivity contribution is 6.10. The van der Waals surface area contributed by atoms with Crippen molar-refractivity contribution in [3.05, 3.63) is 71.9 Å². The number of likely N-dealkylation sites (tertiary alicyclic amines) is 1. The molecule has 0 atom stereocenters. The Hall–Kier alpha value is -2.93. The molecule has 0 radical (unpaired) electrons. The van der Waals surface area contributed by atoms with Crippen LogP contribution in [0.1, 0.15) is 40.0 Å². The van der Waals surface area contributed by atoms with Gasteiger partial charge < -0.3 is 9.47 Å². The summed E-state index contributed by atoms with van der Waals surface area (Å²) in [4.78, 5) is 26.8. The van der Waals surface area contributed by atoms with Crippen LogP contribution in [-0.2, 0) is 6.54 Å². The van der Waals surface area contributed by atoms with E-state index in [1.165, 1.54) is 6.20 Å². The average molecular weight is 442 g/mol. The Labute approximate surface area is 184 Å². The van der Waals surface area contributed by atoms with Gasteiger partial charge in [0.15, 0.2) is 5.78 Å². The predicted octanol–water partition coefficient (Wildman–Crippen LogP) is 5.37. The second-order valence-electron chi connectivity index (χ2n) is 8.28. The zero-order chi connectivity index (χ0) is 22.7. The van der Waals surface area contributed by atoms with Gasteiger partial charge in [0.1, 0.15) is 0 Å². The molecule has 0 unspecified atom stereocenters. The quantitative estimate of drug-likeness (QED) is 0.462. The highest BCUT2D eigenvalue weighted by atomic mass is 19.4. The van der Waals surface area contributed by atoms with E-state index in [2.05, 4.69) is 4.90 Å². The van der Waals surface area contributed by atoms with Gasteiger partial charge in [0.05, 0.1) is 5.56 Å². The lowest BCUT2D eigenvalue weighted by Gasteiger charge is -2.31. The molecule has 0 bridgehead atoms. The first-order chi connectivity index (χ1) is 15.3. The Kier molecular flexibility index (Phi) is 6.46. The minimum absolute atomic E-state index is 0.0398. The van der Waals surface area contributed by atoms with Crippen LogP contribution in [0.2, 0.25) is 0 Å². The van der Waals surface area contributed by atoms with Gasteiger partial charge >= 0.3 is 6.18 Å². The molecule has 2 aromatic carbocycles. The molecule has 0 spiro atoms. The number of hydrogen-bond donors (Lipinski definition) is 0. The van der Waals surface area contributed by atoms with Gasteiger partial charge in [0.25, 0.3) is 5.78 Å². The molecule has 4 nitrogen and oxygen atoms in total. The molecular formula is C25H25F3N2O2. The van der Waals surface area contributed by atoms with Crippen molar-refractivity contribution >= 4 is 22.5 Å². The number of rotatable bonds is 7. The number of piperidine rings is 1. The Morgan fingerprint density at radius 2 is 1.56 bits per heavy atom. The van der Waals surface area contributed by atoms with Crippen LogP contribution in [0.4, 0.5) is 13.2 Å². The number of hydrogen-bond acceptors (Lipinski definition) is 3. The zero-order valence-electron chi connectivity index (χ0n) is 17.6. The van der Waals surface area contributed by atoms with E-state index >= 15 is 0 Å². The summed E-state index contributed by atoms with van der Waals surface area (Å²) in [6.45, 7) is 2.97. The molecule has 1 saturated heterocycles. The summed E-state index contributed by atoms with van der Waals surface area (Å²) in [5.74, 6) is -1.57. The van der Waals surface area contributed by atoms with Gasteiger partial charge in [0.2, 0.25) is 0 Å². The van der Waals surface area contributed by atoms with Gasteiger partial charge in [-0.15, -0.1) is 0 Å². The molecule has 1 aliphatic heterocycles. The molecule has 2 heterocycles. The number of fused-ring (bicyclic) bond motifs is 1. The molecule has 32 heavy (non-hydrogen) atoms. The predicted molar refractivity (Wildman–Crippen MR) is 117 cm³/mol. The molecule has 0 saturated carbocycles. The molecule has 7 heteroatoms. The van der Waals surface area contributed by atoms with Crippen LogP contribution in [0, 0.1) is 5.92 Å². The van der Waals surface area contributed by atoms with Gasteiger partial charge in [-0.2, -0.15) is 13.2 Å². The summed E-state index contributed by atoms with van der Waals surface area (Å²) in [6.07, 6.45) is -1.20. The van der Waals surface area contributed by atoms with Crippen molar-refractivity contribution in [3.63, 3.8) is 0 Å². The average Bonchev–Trinajstić information content (AvgIpc) is 3.17. The van der Waals surface area contributed by atoms with Crippen LogP contribution in [0.3, 0.4) is 0 Å². The molecule has 0 aliphatic carbocycles. The number of carbonyl (C=O) groups excluding carboxylic acids is 2. The van der Waals surface area contributed by atoms with E-state index in [1.54, 1.807) is 28.8 Å². The van der Waals surface area contributed by atoms with Gasteiger partial charge in [-0.1, -0.05) is 48.5 Å². The van der Waals surface area contributed by atoms with Crippen molar-refractivity contribution in [2.75, 3.05) is 19.6 Å². The zero-order valence-corrected chi connectivity index (χ0v) is 17.6. The SMILES string of the molecule is O=C(c1ccccc1)C1CCN(CCCn2cc(C(=O)C(F)(F)F)c3ccccc32)CC1. The second kappa shape index (κ2) is 9.28. The van der Waals surface area contributed by atoms with E-state index in [4.69, 9.17) is 0 Å². The lowest BCUT2D eigenvalue weighted by molar-refractivity contribution is -0.0884. The summed E-state index contributed by atoms with van der Waals surface area (Å²) < 4.78 is 40.7. The van der Waals surface area contributed by atoms with E-state index in [0.29, 0.717) is 17.4 Å². The number of nitrogens with zero attached hydrogens (tertiary/aromatic N) is 2. The third kappa shape index (κ3) is 4.78. The fourth-order valence-corrected chi connectivity index (χ4v) is 4.49. The minimum atomic E-state index is -4.89. The number of aryl methyl sites for hydroxylation is 1. The Morgan fingerprint density at radius 3 is 2.25 bits per heavy atom. The molecule has 4 rings (SSSR count). The molecule has 0 N–H and O–H groups in total. The standard InChI is InChI=1S/C25H25F3N2O2/c26-25(27,28)24(32)21-17-30(22-10-5-4-9-20(21)22)14-6-13-29-15-11-19(12-16-29)23(31)18-7-2-1-3-8-18/h1-5,7-10,17,19H,6,11-16H2. The highest BCUT2D eigenvalue weighted by Gasteiger charge is 2.40.